The van der Waals surface area contributed by atoms with Crippen LogP contribution in [-0.2, 0) is 4.74 Å². The third-order valence-corrected chi connectivity index (χ3v) is 3.16. The lowest BCUT2D eigenvalue weighted by molar-refractivity contribution is 0.00353. The number of benzene rings is 1. The summed E-state index contributed by atoms with van der Waals surface area (Å²) in [6.45, 7) is 1.43. The molecule has 5 nitrogen and oxygen atoms in total. The fraction of sp³-hybridized carbons (Fsp3) is 0.429. The van der Waals surface area contributed by atoms with E-state index in [1.807, 2.05) is 18.2 Å². The first-order valence-corrected chi connectivity index (χ1v) is 6.40. The van der Waals surface area contributed by atoms with Gasteiger partial charge in [-0.05, 0) is 25.0 Å². The Morgan fingerprint density at radius 2 is 2.32 bits per heavy atom. The molecule has 1 aromatic carbocycles. The van der Waals surface area contributed by atoms with Crippen molar-refractivity contribution >= 4 is 10.9 Å². The summed E-state index contributed by atoms with van der Waals surface area (Å²) >= 11 is 0. The molecule has 1 aliphatic rings. The lowest BCUT2D eigenvalue weighted by Gasteiger charge is -2.22. The van der Waals surface area contributed by atoms with E-state index in [1.54, 1.807) is 13.3 Å². The van der Waals surface area contributed by atoms with E-state index >= 15 is 0 Å². The fourth-order valence-electron chi connectivity index (χ4n) is 2.12. The number of hydrogen-bond donors (Lipinski definition) is 0. The quantitative estimate of drug-likeness (QED) is 0.846. The zero-order valence-electron chi connectivity index (χ0n) is 10.8. The summed E-state index contributed by atoms with van der Waals surface area (Å²) < 4.78 is 16.3. The number of hydrogen-bond acceptors (Lipinski definition) is 5. The highest BCUT2D eigenvalue weighted by molar-refractivity contribution is 5.79. The first-order chi connectivity index (χ1) is 9.35. The van der Waals surface area contributed by atoms with Gasteiger partial charge in [0.2, 0.25) is 0 Å². The number of fused-ring (bicyclic) bond motifs is 1. The standard InChI is InChI=1S/C14H16N2O3/c1-17-11-5-4-10-8-15-14(16-13(10)7-11)19-12-3-2-6-18-9-12/h4-5,7-8,12H,2-3,6,9H2,1H3. The summed E-state index contributed by atoms with van der Waals surface area (Å²) in [7, 11) is 1.64. The minimum atomic E-state index is 0.0526. The molecular weight excluding hydrogens is 244 g/mol. The zero-order chi connectivity index (χ0) is 13.1. The Bertz CT molecular complexity index is 568. The van der Waals surface area contributed by atoms with Gasteiger partial charge in [0.05, 0.1) is 19.2 Å². The Labute approximate surface area is 111 Å². The van der Waals surface area contributed by atoms with Gasteiger partial charge in [-0.2, -0.15) is 4.98 Å². The summed E-state index contributed by atoms with van der Waals surface area (Å²) in [5, 5.41) is 0.966. The smallest absolute Gasteiger partial charge is 0.317 e. The van der Waals surface area contributed by atoms with Crippen molar-refractivity contribution in [3.05, 3.63) is 24.4 Å². The third-order valence-electron chi connectivity index (χ3n) is 3.16. The Morgan fingerprint density at radius 3 is 3.11 bits per heavy atom. The predicted molar refractivity (Wildman–Crippen MR) is 70.6 cm³/mol. The second-order valence-corrected chi connectivity index (χ2v) is 4.53. The van der Waals surface area contributed by atoms with Crippen LogP contribution >= 0.6 is 0 Å². The molecule has 1 fully saturated rings. The Kier molecular flexibility index (Phi) is 3.46. The lowest BCUT2D eigenvalue weighted by Crippen LogP contribution is -2.28. The van der Waals surface area contributed by atoms with Gasteiger partial charge >= 0.3 is 6.01 Å². The molecule has 1 unspecified atom stereocenters. The summed E-state index contributed by atoms with van der Waals surface area (Å²) in [6.07, 6.45) is 3.82. The van der Waals surface area contributed by atoms with E-state index in [9.17, 15) is 0 Å². The first kappa shape index (κ1) is 12.2. The summed E-state index contributed by atoms with van der Waals surface area (Å²) in [5.41, 5.74) is 0.820. The van der Waals surface area contributed by atoms with Crippen LogP contribution in [0.15, 0.2) is 24.4 Å². The lowest BCUT2D eigenvalue weighted by atomic mass is 10.2. The highest BCUT2D eigenvalue weighted by Gasteiger charge is 2.16. The SMILES string of the molecule is COc1ccc2cnc(OC3CCCOC3)nc2c1. The maximum absolute atomic E-state index is 5.75. The van der Waals surface area contributed by atoms with E-state index in [-0.39, 0.29) is 6.10 Å². The van der Waals surface area contributed by atoms with Gasteiger partial charge < -0.3 is 14.2 Å². The van der Waals surface area contributed by atoms with Gasteiger partial charge in [0.1, 0.15) is 11.9 Å². The molecule has 0 amide bonds. The molecule has 2 aromatic rings. The van der Waals surface area contributed by atoms with Gasteiger partial charge in [0.25, 0.3) is 0 Å². The van der Waals surface area contributed by atoms with Crippen LogP contribution in [0.3, 0.4) is 0 Å². The normalized spacial score (nSPS) is 19.3. The van der Waals surface area contributed by atoms with Crippen molar-refractivity contribution in [3.63, 3.8) is 0 Å². The minimum Gasteiger partial charge on any atom is -0.497 e. The van der Waals surface area contributed by atoms with Crippen molar-refractivity contribution in [1.82, 2.24) is 9.97 Å². The van der Waals surface area contributed by atoms with E-state index in [1.165, 1.54) is 0 Å². The number of rotatable bonds is 3. The van der Waals surface area contributed by atoms with Crippen molar-refractivity contribution in [2.45, 2.75) is 18.9 Å². The first-order valence-electron chi connectivity index (χ1n) is 6.40. The fourth-order valence-corrected chi connectivity index (χ4v) is 2.12. The average molecular weight is 260 g/mol. The summed E-state index contributed by atoms with van der Waals surface area (Å²) in [6, 6.07) is 6.10. The third kappa shape index (κ3) is 2.76. The van der Waals surface area contributed by atoms with E-state index in [0.29, 0.717) is 12.6 Å². The maximum Gasteiger partial charge on any atom is 0.317 e. The van der Waals surface area contributed by atoms with Gasteiger partial charge in [-0.15, -0.1) is 0 Å². The van der Waals surface area contributed by atoms with Gasteiger partial charge in [-0.25, -0.2) is 4.98 Å². The van der Waals surface area contributed by atoms with Crippen LogP contribution in [0, 0.1) is 0 Å². The molecule has 0 saturated carbocycles. The molecule has 100 valence electrons. The highest BCUT2D eigenvalue weighted by atomic mass is 16.5. The maximum atomic E-state index is 5.75. The van der Waals surface area contributed by atoms with Crippen molar-refractivity contribution in [2.75, 3.05) is 20.3 Å². The Hall–Kier alpha value is -1.88. The Balaban J connectivity index is 1.83. The van der Waals surface area contributed by atoms with Crippen LogP contribution < -0.4 is 9.47 Å². The number of ether oxygens (including phenoxy) is 3. The molecule has 1 saturated heterocycles. The van der Waals surface area contributed by atoms with E-state index in [2.05, 4.69) is 9.97 Å². The largest absolute Gasteiger partial charge is 0.497 e. The molecule has 19 heavy (non-hydrogen) atoms. The minimum absolute atomic E-state index is 0.0526. The molecule has 5 heteroatoms. The molecule has 1 atom stereocenters. The summed E-state index contributed by atoms with van der Waals surface area (Å²) in [4.78, 5) is 8.64. The van der Waals surface area contributed by atoms with Gasteiger partial charge in [-0.1, -0.05) is 0 Å². The second kappa shape index (κ2) is 5.40. The van der Waals surface area contributed by atoms with E-state index in [4.69, 9.17) is 14.2 Å². The number of nitrogens with zero attached hydrogens (tertiary/aromatic N) is 2. The van der Waals surface area contributed by atoms with Gasteiger partial charge in [0.15, 0.2) is 0 Å². The van der Waals surface area contributed by atoms with Gasteiger partial charge in [0, 0.05) is 24.3 Å². The molecule has 0 N–H and O–H groups in total. The van der Waals surface area contributed by atoms with Crippen LogP contribution in [0.4, 0.5) is 0 Å². The highest BCUT2D eigenvalue weighted by Crippen LogP contribution is 2.21. The Morgan fingerprint density at radius 1 is 1.37 bits per heavy atom. The monoisotopic (exact) mass is 260 g/mol. The van der Waals surface area contributed by atoms with Crippen LogP contribution in [0.25, 0.3) is 10.9 Å². The van der Waals surface area contributed by atoms with E-state index in [0.717, 1.165) is 36.1 Å². The van der Waals surface area contributed by atoms with E-state index < -0.39 is 0 Å². The summed E-state index contributed by atoms with van der Waals surface area (Å²) in [5.74, 6) is 0.776. The van der Waals surface area contributed by atoms with Crippen molar-refractivity contribution in [3.8, 4) is 11.8 Å². The van der Waals surface area contributed by atoms with Crippen molar-refractivity contribution in [1.29, 1.82) is 0 Å². The molecule has 0 aliphatic carbocycles. The molecule has 3 rings (SSSR count). The molecule has 2 heterocycles. The molecular formula is C14H16N2O3. The van der Waals surface area contributed by atoms with Crippen LogP contribution in [0.5, 0.6) is 11.8 Å². The topological polar surface area (TPSA) is 53.5 Å². The molecule has 1 aliphatic heterocycles. The van der Waals surface area contributed by atoms with Crippen LogP contribution in [0.2, 0.25) is 0 Å². The number of methoxy groups -OCH3 is 1. The molecule has 0 spiro atoms. The number of aromatic nitrogens is 2. The molecule has 0 bridgehead atoms. The van der Waals surface area contributed by atoms with Crippen LogP contribution in [-0.4, -0.2) is 36.4 Å². The molecule has 1 aromatic heterocycles. The van der Waals surface area contributed by atoms with Crippen LogP contribution in [0.1, 0.15) is 12.8 Å². The molecule has 0 radical (unpaired) electrons. The predicted octanol–water partition coefficient (Wildman–Crippen LogP) is 2.20. The zero-order valence-corrected chi connectivity index (χ0v) is 10.8. The van der Waals surface area contributed by atoms with Crippen molar-refractivity contribution in [2.24, 2.45) is 0 Å². The average Bonchev–Trinajstić information content (AvgIpc) is 2.47. The van der Waals surface area contributed by atoms with Crippen molar-refractivity contribution < 1.29 is 14.2 Å². The van der Waals surface area contributed by atoms with Gasteiger partial charge in [-0.3, -0.25) is 0 Å². The second-order valence-electron chi connectivity index (χ2n) is 4.53.